The van der Waals surface area contributed by atoms with Crippen molar-refractivity contribution in [2.75, 3.05) is 31.1 Å². The number of halogens is 1. The Bertz CT molecular complexity index is 807. The monoisotopic (exact) mass is 384 g/mol. The maximum Gasteiger partial charge on any atom is 0.318 e. The van der Waals surface area contributed by atoms with E-state index in [2.05, 4.69) is 27.7 Å². The van der Waals surface area contributed by atoms with Crippen LogP contribution in [0.3, 0.4) is 0 Å². The van der Waals surface area contributed by atoms with Gasteiger partial charge in [-0.05, 0) is 36.8 Å². The van der Waals surface area contributed by atoms with Gasteiger partial charge in [0.05, 0.1) is 0 Å². The molecule has 1 unspecified atom stereocenters. The molecule has 1 aliphatic rings. The minimum atomic E-state index is -0.673. The van der Waals surface area contributed by atoms with Gasteiger partial charge in [0.25, 0.3) is 0 Å². The summed E-state index contributed by atoms with van der Waals surface area (Å²) in [6, 6.07) is 15.2. The van der Waals surface area contributed by atoms with Crippen LogP contribution in [0.25, 0.3) is 0 Å². The van der Waals surface area contributed by atoms with Gasteiger partial charge in [0.2, 0.25) is 5.91 Å². The van der Waals surface area contributed by atoms with Gasteiger partial charge in [0.15, 0.2) is 0 Å². The number of carbonyl (C=O) groups excluding carboxylic acids is 2. The molecule has 2 N–H and O–H groups in total. The molecule has 6 nitrogen and oxygen atoms in total. The summed E-state index contributed by atoms with van der Waals surface area (Å²) in [5.41, 5.74) is 1.82. The van der Waals surface area contributed by atoms with Crippen LogP contribution in [0, 0.1) is 5.82 Å². The first-order chi connectivity index (χ1) is 13.5. The predicted molar refractivity (Wildman–Crippen MR) is 106 cm³/mol. The Labute approximate surface area is 164 Å². The van der Waals surface area contributed by atoms with Crippen LogP contribution in [0.1, 0.15) is 12.5 Å². The molecule has 0 radical (unpaired) electrons. The van der Waals surface area contributed by atoms with Gasteiger partial charge in [-0.15, -0.1) is 0 Å². The van der Waals surface area contributed by atoms with Crippen molar-refractivity contribution < 1.29 is 14.0 Å². The van der Waals surface area contributed by atoms with Gasteiger partial charge in [-0.3, -0.25) is 4.79 Å². The van der Waals surface area contributed by atoms with Gasteiger partial charge < -0.3 is 20.4 Å². The smallest absolute Gasteiger partial charge is 0.318 e. The molecule has 1 atom stereocenters. The normalized spacial score (nSPS) is 15.1. The number of nitrogens with one attached hydrogen (secondary N) is 2. The van der Waals surface area contributed by atoms with E-state index in [0.29, 0.717) is 18.7 Å². The number of piperazine rings is 1. The molecular weight excluding hydrogens is 359 g/mol. The Hall–Kier alpha value is -3.09. The molecule has 1 heterocycles. The van der Waals surface area contributed by atoms with E-state index in [4.69, 9.17) is 0 Å². The Morgan fingerprint density at radius 2 is 1.75 bits per heavy atom. The fourth-order valence-electron chi connectivity index (χ4n) is 3.14. The van der Waals surface area contributed by atoms with Crippen molar-refractivity contribution in [1.29, 1.82) is 0 Å². The quantitative estimate of drug-likeness (QED) is 0.832. The third-order valence-corrected chi connectivity index (χ3v) is 4.78. The fourth-order valence-corrected chi connectivity index (χ4v) is 3.14. The van der Waals surface area contributed by atoms with Crippen molar-refractivity contribution in [1.82, 2.24) is 15.5 Å². The number of hydrogen-bond acceptors (Lipinski definition) is 3. The highest BCUT2D eigenvalue weighted by Crippen LogP contribution is 2.15. The van der Waals surface area contributed by atoms with E-state index in [0.717, 1.165) is 18.8 Å². The zero-order valence-electron chi connectivity index (χ0n) is 15.9. The lowest BCUT2D eigenvalue weighted by molar-refractivity contribution is -0.122. The number of nitrogens with zero attached hydrogens (tertiary/aromatic N) is 2. The average Bonchev–Trinajstić information content (AvgIpc) is 2.72. The second-order valence-corrected chi connectivity index (χ2v) is 6.83. The molecular formula is C21H25FN4O2. The Morgan fingerprint density at radius 3 is 2.43 bits per heavy atom. The largest absolute Gasteiger partial charge is 0.368 e. The molecule has 3 amide bonds. The number of hydrogen-bond donors (Lipinski definition) is 2. The van der Waals surface area contributed by atoms with E-state index >= 15 is 0 Å². The molecule has 0 aromatic heterocycles. The molecule has 1 saturated heterocycles. The van der Waals surface area contributed by atoms with E-state index in [1.54, 1.807) is 24.0 Å². The molecule has 148 valence electrons. The molecule has 0 aliphatic carbocycles. The van der Waals surface area contributed by atoms with Gasteiger partial charge in [-0.2, -0.15) is 0 Å². The maximum atomic E-state index is 13.2. The van der Waals surface area contributed by atoms with Gasteiger partial charge in [0, 0.05) is 38.4 Å². The van der Waals surface area contributed by atoms with Crippen LogP contribution >= 0.6 is 0 Å². The standard InChI is InChI=1S/C21H25FN4O2/c1-16(20(27)23-15-17-6-5-7-18(22)14-17)24-21(28)26-12-10-25(11-13-26)19-8-3-2-4-9-19/h2-9,14,16H,10-13,15H2,1H3,(H,23,27)(H,24,28). The van der Waals surface area contributed by atoms with Gasteiger partial charge in [-0.25, -0.2) is 9.18 Å². The number of urea groups is 1. The number of para-hydroxylation sites is 1. The van der Waals surface area contributed by atoms with E-state index in [9.17, 15) is 14.0 Å². The fraction of sp³-hybridized carbons (Fsp3) is 0.333. The number of carbonyl (C=O) groups is 2. The molecule has 2 aromatic carbocycles. The topological polar surface area (TPSA) is 64.7 Å². The van der Waals surface area contributed by atoms with Crippen molar-refractivity contribution in [3.63, 3.8) is 0 Å². The minimum absolute atomic E-state index is 0.215. The van der Waals surface area contributed by atoms with Crippen LogP contribution < -0.4 is 15.5 Å². The molecule has 2 aromatic rings. The van der Waals surface area contributed by atoms with E-state index in [-0.39, 0.29) is 24.3 Å². The van der Waals surface area contributed by atoms with Crippen molar-refractivity contribution in [2.24, 2.45) is 0 Å². The van der Waals surface area contributed by atoms with Crippen LogP contribution in [0.5, 0.6) is 0 Å². The third kappa shape index (κ3) is 5.22. The number of benzene rings is 2. The SMILES string of the molecule is CC(NC(=O)N1CCN(c2ccccc2)CC1)C(=O)NCc1cccc(F)c1. The van der Waals surface area contributed by atoms with Crippen LogP contribution in [-0.2, 0) is 11.3 Å². The highest BCUT2D eigenvalue weighted by molar-refractivity contribution is 5.86. The summed E-state index contributed by atoms with van der Waals surface area (Å²) in [6.45, 7) is 4.54. The Kier molecular flexibility index (Phi) is 6.47. The second kappa shape index (κ2) is 9.21. The van der Waals surface area contributed by atoms with Crippen molar-refractivity contribution >= 4 is 17.6 Å². The minimum Gasteiger partial charge on any atom is -0.368 e. The highest BCUT2D eigenvalue weighted by Gasteiger charge is 2.24. The molecule has 3 rings (SSSR count). The van der Waals surface area contributed by atoms with Gasteiger partial charge >= 0.3 is 6.03 Å². The first-order valence-corrected chi connectivity index (χ1v) is 9.40. The zero-order chi connectivity index (χ0) is 19.9. The van der Waals surface area contributed by atoms with Crippen LogP contribution in [-0.4, -0.2) is 49.1 Å². The predicted octanol–water partition coefficient (Wildman–Crippen LogP) is 2.36. The lowest BCUT2D eigenvalue weighted by Gasteiger charge is -2.36. The summed E-state index contributed by atoms with van der Waals surface area (Å²) in [6.07, 6.45) is 0. The van der Waals surface area contributed by atoms with Crippen LogP contribution in [0.15, 0.2) is 54.6 Å². The third-order valence-electron chi connectivity index (χ3n) is 4.78. The Balaban J connectivity index is 1.43. The first-order valence-electron chi connectivity index (χ1n) is 9.40. The number of anilines is 1. The molecule has 0 bridgehead atoms. The summed E-state index contributed by atoms with van der Waals surface area (Å²) in [7, 11) is 0. The van der Waals surface area contributed by atoms with E-state index in [1.807, 2.05) is 18.2 Å². The van der Waals surface area contributed by atoms with E-state index in [1.165, 1.54) is 12.1 Å². The second-order valence-electron chi connectivity index (χ2n) is 6.83. The summed E-state index contributed by atoms with van der Waals surface area (Å²) in [5.74, 6) is -0.650. The summed E-state index contributed by atoms with van der Waals surface area (Å²) in [5, 5.41) is 5.45. The number of amides is 3. The molecule has 7 heteroatoms. The molecule has 28 heavy (non-hydrogen) atoms. The van der Waals surface area contributed by atoms with Crippen LogP contribution in [0.2, 0.25) is 0 Å². The summed E-state index contributed by atoms with van der Waals surface area (Å²) in [4.78, 5) is 28.6. The lowest BCUT2D eigenvalue weighted by Crippen LogP contribution is -2.55. The lowest BCUT2D eigenvalue weighted by atomic mass is 10.2. The molecule has 0 saturated carbocycles. The summed E-state index contributed by atoms with van der Waals surface area (Å²) >= 11 is 0. The zero-order valence-corrected chi connectivity index (χ0v) is 15.9. The molecule has 1 fully saturated rings. The van der Waals surface area contributed by atoms with Gasteiger partial charge in [0.1, 0.15) is 11.9 Å². The number of rotatable bonds is 5. The van der Waals surface area contributed by atoms with Crippen molar-refractivity contribution in [3.05, 3.63) is 66.0 Å². The van der Waals surface area contributed by atoms with Crippen molar-refractivity contribution in [2.45, 2.75) is 19.5 Å². The molecule has 1 aliphatic heterocycles. The summed E-state index contributed by atoms with van der Waals surface area (Å²) < 4.78 is 13.2. The average molecular weight is 384 g/mol. The van der Waals surface area contributed by atoms with Gasteiger partial charge in [-0.1, -0.05) is 30.3 Å². The molecule has 0 spiro atoms. The maximum absolute atomic E-state index is 13.2. The first kappa shape index (κ1) is 19.7. The highest BCUT2D eigenvalue weighted by atomic mass is 19.1. The van der Waals surface area contributed by atoms with Crippen molar-refractivity contribution in [3.8, 4) is 0 Å². The van der Waals surface area contributed by atoms with E-state index < -0.39 is 6.04 Å². The van der Waals surface area contributed by atoms with Crippen LogP contribution in [0.4, 0.5) is 14.9 Å². The Morgan fingerprint density at radius 1 is 1.04 bits per heavy atom.